The Balaban J connectivity index is 1.44. The van der Waals surface area contributed by atoms with E-state index in [0.717, 1.165) is 48.9 Å². The van der Waals surface area contributed by atoms with Gasteiger partial charge in [0.15, 0.2) is 31.2 Å². The lowest BCUT2D eigenvalue weighted by Gasteiger charge is -2.39. The topological polar surface area (TPSA) is 117 Å². The summed E-state index contributed by atoms with van der Waals surface area (Å²) in [4.78, 5) is 21.3. The molecular weight excluding hydrogens is 925 g/mol. The number of ether oxygens (including phenoxy) is 2. The van der Waals surface area contributed by atoms with Crippen molar-refractivity contribution in [2.24, 2.45) is 11.8 Å². The fraction of sp³-hybridized carbons (Fsp3) is 0.444. The minimum Gasteiger partial charge on any atom is -0.490 e. The summed E-state index contributed by atoms with van der Waals surface area (Å²) in [5.41, 5.74) is -2.59. The molecule has 0 saturated carbocycles. The zero-order valence-electron chi connectivity index (χ0n) is 37.0. The van der Waals surface area contributed by atoms with Crippen LogP contribution in [-0.4, -0.2) is 101 Å². The maximum Gasteiger partial charge on any atom is 0.416 e. The largest absolute Gasteiger partial charge is 0.490 e. The first-order valence-electron chi connectivity index (χ1n) is 20.9. The summed E-state index contributed by atoms with van der Waals surface area (Å²) in [6, 6.07) is 9.44. The second-order valence-electron chi connectivity index (χ2n) is 17.2. The second kappa shape index (κ2) is 19.1. The molecule has 0 N–H and O–H groups in total. The van der Waals surface area contributed by atoms with E-state index in [-0.39, 0.29) is 133 Å². The summed E-state index contributed by atoms with van der Waals surface area (Å²) in [6.45, 7) is 8.07. The van der Waals surface area contributed by atoms with Crippen molar-refractivity contribution in [3.63, 3.8) is 0 Å². The Labute approximate surface area is 378 Å². The lowest BCUT2D eigenvalue weighted by atomic mass is 9.98. The van der Waals surface area contributed by atoms with Gasteiger partial charge in [0, 0.05) is 64.9 Å². The van der Waals surface area contributed by atoms with Crippen LogP contribution < -0.4 is 29.1 Å². The molecule has 0 bridgehead atoms. The molecule has 2 fully saturated rings. The average molecular weight is 975 g/mol. The molecule has 11 nitrogen and oxygen atoms in total. The van der Waals surface area contributed by atoms with E-state index in [1.807, 2.05) is 27.7 Å². The van der Waals surface area contributed by atoms with E-state index >= 15 is 13.6 Å². The molecule has 0 amide bonds. The first-order valence-corrected chi connectivity index (χ1v) is 24.7. The summed E-state index contributed by atoms with van der Waals surface area (Å²) in [6.07, 6.45) is -7.62. The molecular formula is C45H50F8N4O7S2. The molecule has 360 valence electrons. The Morgan fingerprint density at radius 1 is 0.530 bits per heavy atom. The van der Waals surface area contributed by atoms with Crippen LogP contribution in [0.15, 0.2) is 70.5 Å². The van der Waals surface area contributed by atoms with E-state index in [1.165, 1.54) is 12.1 Å². The number of hydrogen-bond acceptors (Lipinski definition) is 11. The fourth-order valence-electron chi connectivity index (χ4n) is 7.62. The summed E-state index contributed by atoms with van der Waals surface area (Å²) in [5, 5.41) is 0. The third-order valence-electron chi connectivity index (χ3n) is 11.0. The second-order valence-corrected chi connectivity index (χ2v) is 21.2. The van der Waals surface area contributed by atoms with Crippen molar-refractivity contribution in [1.82, 2.24) is 0 Å². The number of carbonyl (C=O) groups excluding carboxylic acids is 1. The van der Waals surface area contributed by atoms with Gasteiger partial charge in [-0.2, -0.15) is 26.3 Å². The van der Waals surface area contributed by atoms with Crippen molar-refractivity contribution in [2.75, 3.05) is 97.7 Å². The molecule has 0 aliphatic carbocycles. The average Bonchev–Trinajstić information content (AvgIpc) is 3.23. The summed E-state index contributed by atoms with van der Waals surface area (Å²) in [7, 11) is -8.13. The molecule has 21 heteroatoms. The predicted octanol–water partition coefficient (Wildman–Crippen LogP) is 8.76. The van der Waals surface area contributed by atoms with Crippen molar-refractivity contribution in [3.8, 4) is 11.5 Å². The first-order chi connectivity index (χ1) is 30.6. The Bertz CT molecular complexity index is 2500. The lowest BCUT2D eigenvalue weighted by Crippen LogP contribution is -2.47. The van der Waals surface area contributed by atoms with Gasteiger partial charge < -0.3 is 29.1 Å². The van der Waals surface area contributed by atoms with E-state index in [4.69, 9.17) is 9.47 Å². The van der Waals surface area contributed by atoms with Crippen LogP contribution in [0.1, 0.15) is 54.7 Å². The van der Waals surface area contributed by atoms with Crippen LogP contribution in [0.25, 0.3) is 0 Å². The zero-order valence-corrected chi connectivity index (χ0v) is 38.6. The van der Waals surface area contributed by atoms with Crippen LogP contribution in [0, 0.1) is 23.5 Å². The van der Waals surface area contributed by atoms with Crippen molar-refractivity contribution in [2.45, 2.75) is 49.8 Å². The molecule has 4 aromatic carbocycles. The van der Waals surface area contributed by atoms with E-state index < -0.39 is 60.6 Å². The van der Waals surface area contributed by atoms with Gasteiger partial charge in [-0.25, -0.2) is 25.6 Å². The molecule has 4 aromatic rings. The fourth-order valence-corrected chi connectivity index (χ4v) is 8.93. The Morgan fingerprint density at radius 3 is 1.09 bits per heavy atom. The van der Waals surface area contributed by atoms with Gasteiger partial charge in [0.2, 0.25) is 5.78 Å². The van der Waals surface area contributed by atoms with E-state index in [0.29, 0.717) is 12.1 Å². The molecule has 0 aromatic heterocycles. The minimum atomic E-state index is -4.75. The maximum atomic E-state index is 15.3. The predicted molar refractivity (Wildman–Crippen MR) is 235 cm³/mol. The Hall–Kier alpha value is -5.31. The Morgan fingerprint density at radius 2 is 0.833 bits per heavy atom. The minimum absolute atomic E-state index is 0.0384. The van der Waals surface area contributed by atoms with E-state index in [2.05, 4.69) is 0 Å². The first kappa shape index (κ1) is 50.1. The van der Waals surface area contributed by atoms with Gasteiger partial charge in [-0.3, -0.25) is 4.79 Å². The molecule has 2 saturated heterocycles. The standard InChI is InChI=1S/C45H50F8N4O7S2/c1-27(2)25-63-42-33(21-31(65(5,59)60)23-39(42)56-15-11-54(12-16-56)37-9-7-29(19-35(37)46)44(48,49)50)41(58)34-22-32(66(6,61)62)24-40(43(34)64-26-28(3)4)57-17-13-55(14-18-57)38-10-8-30(20-36(38)47)45(51,52)53/h7-10,19-24,27-28H,11-18,25-26H2,1-6H3. The molecule has 2 aliphatic rings. The van der Waals surface area contributed by atoms with E-state index in [9.17, 15) is 43.2 Å². The van der Waals surface area contributed by atoms with Crippen LogP contribution in [0.4, 0.5) is 57.9 Å². The van der Waals surface area contributed by atoms with Gasteiger partial charge in [0.1, 0.15) is 11.6 Å². The maximum absolute atomic E-state index is 15.3. The normalized spacial score (nSPS) is 15.5. The molecule has 0 atom stereocenters. The van der Waals surface area contributed by atoms with Gasteiger partial charge in [-0.05, 0) is 72.5 Å². The highest BCUT2D eigenvalue weighted by atomic mass is 32.2. The monoisotopic (exact) mass is 974 g/mol. The smallest absolute Gasteiger partial charge is 0.416 e. The number of hydrogen-bond donors (Lipinski definition) is 0. The number of anilines is 4. The number of piperazine rings is 2. The van der Waals surface area contributed by atoms with Crippen molar-refractivity contribution in [1.29, 1.82) is 0 Å². The van der Waals surface area contributed by atoms with Crippen molar-refractivity contribution < 1.29 is 66.2 Å². The van der Waals surface area contributed by atoms with Gasteiger partial charge in [0.05, 0.1) is 68.0 Å². The number of carbonyl (C=O) groups is 1. The number of benzene rings is 4. The number of nitrogens with zero attached hydrogens (tertiary/aromatic N) is 4. The lowest BCUT2D eigenvalue weighted by molar-refractivity contribution is -0.138. The quantitative estimate of drug-likeness (QED) is 0.0893. The third-order valence-corrected chi connectivity index (χ3v) is 13.2. The van der Waals surface area contributed by atoms with Crippen LogP contribution in [-0.2, 0) is 32.0 Å². The summed E-state index contributed by atoms with van der Waals surface area (Å²) in [5.74, 6) is -3.32. The van der Waals surface area contributed by atoms with Crippen LogP contribution >= 0.6 is 0 Å². The highest BCUT2D eigenvalue weighted by Gasteiger charge is 2.36. The number of halogens is 8. The van der Waals surface area contributed by atoms with Crippen molar-refractivity contribution >= 4 is 48.2 Å². The highest BCUT2D eigenvalue weighted by molar-refractivity contribution is 7.91. The van der Waals surface area contributed by atoms with Gasteiger partial charge in [0.25, 0.3) is 0 Å². The van der Waals surface area contributed by atoms with E-state index in [1.54, 1.807) is 19.6 Å². The molecule has 66 heavy (non-hydrogen) atoms. The molecule has 0 radical (unpaired) electrons. The third kappa shape index (κ3) is 11.4. The number of alkyl halides is 6. The summed E-state index contributed by atoms with van der Waals surface area (Å²) >= 11 is 0. The van der Waals surface area contributed by atoms with Gasteiger partial charge in [-0.15, -0.1) is 0 Å². The van der Waals surface area contributed by atoms with Gasteiger partial charge >= 0.3 is 12.4 Å². The highest BCUT2D eigenvalue weighted by Crippen LogP contribution is 2.43. The Kier molecular flexibility index (Phi) is 14.5. The molecule has 0 spiro atoms. The SMILES string of the molecule is CC(C)COc1c(C(=O)c2cc(S(C)(=O)=O)cc(N3CCN(c4ccc(C(F)(F)F)cc4F)CC3)c2OCC(C)C)cc(S(C)(=O)=O)cc1N1CCN(c2ccc(C(F)(F)F)cc2F)CC1. The van der Waals surface area contributed by atoms with Crippen LogP contribution in [0.2, 0.25) is 0 Å². The molecule has 0 unspecified atom stereocenters. The van der Waals surface area contributed by atoms with Crippen molar-refractivity contribution in [3.05, 3.63) is 94.6 Å². The summed E-state index contributed by atoms with van der Waals surface area (Å²) < 4.78 is 176. The molecule has 2 aliphatic heterocycles. The molecule has 2 heterocycles. The number of sulfone groups is 2. The van der Waals surface area contributed by atoms with Gasteiger partial charge in [-0.1, -0.05) is 27.7 Å². The molecule has 6 rings (SSSR count). The number of ketones is 1. The zero-order chi connectivity index (χ0) is 48.7. The number of rotatable bonds is 14. The van der Waals surface area contributed by atoms with Crippen LogP contribution in [0.3, 0.4) is 0 Å². The van der Waals surface area contributed by atoms with Crippen LogP contribution in [0.5, 0.6) is 11.5 Å².